The zero-order valence-corrected chi connectivity index (χ0v) is 11.9. The smallest absolute Gasteiger partial charge is 0.207 e. The highest BCUT2D eigenvalue weighted by Crippen LogP contribution is 2.23. The molecule has 4 heteroatoms. The van der Waals surface area contributed by atoms with E-state index < -0.39 is 10.0 Å². The van der Waals surface area contributed by atoms with Gasteiger partial charge in [0, 0.05) is 13.1 Å². The van der Waals surface area contributed by atoms with Crippen molar-refractivity contribution in [2.24, 2.45) is 0 Å². The lowest BCUT2D eigenvalue weighted by atomic mass is 10.0. The molecule has 1 aromatic carbocycles. The summed E-state index contributed by atoms with van der Waals surface area (Å²) in [6.45, 7) is 5.47. The van der Waals surface area contributed by atoms with Crippen molar-refractivity contribution >= 4 is 10.0 Å². The van der Waals surface area contributed by atoms with Gasteiger partial charge in [-0.15, -0.1) is 0 Å². The minimum atomic E-state index is -3.28. The lowest BCUT2D eigenvalue weighted by molar-refractivity contribution is 0.346. The van der Waals surface area contributed by atoms with E-state index in [1.165, 1.54) is 0 Å². The Morgan fingerprint density at radius 1 is 1.11 bits per heavy atom. The average Bonchev–Trinajstić information content (AvgIpc) is 2.40. The Labute approximate surface area is 110 Å². The zero-order chi connectivity index (χ0) is 13.2. The number of hydrogen-bond acceptors (Lipinski definition) is 2. The molecule has 0 saturated carbocycles. The van der Waals surface area contributed by atoms with Gasteiger partial charge >= 0.3 is 0 Å². The molecule has 100 valence electrons. The fourth-order valence-corrected chi connectivity index (χ4v) is 3.86. The molecule has 1 heterocycles. The molecule has 1 aliphatic heterocycles. The van der Waals surface area contributed by atoms with Crippen molar-refractivity contribution in [1.82, 2.24) is 4.31 Å². The van der Waals surface area contributed by atoms with Gasteiger partial charge in [-0.05, 0) is 36.5 Å². The summed E-state index contributed by atoms with van der Waals surface area (Å²) in [4.78, 5) is 0.440. The van der Waals surface area contributed by atoms with Gasteiger partial charge in [0.05, 0.1) is 4.90 Å². The Bertz CT molecular complexity index is 502. The predicted molar refractivity (Wildman–Crippen MR) is 73.1 cm³/mol. The second-order valence-corrected chi connectivity index (χ2v) is 7.13. The van der Waals surface area contributed by atoms with Crippen LogP contribution in [0.25, 0.3) is 0 Å². The third-order valence-electron chi connectivity index (χ3n) is 3.48. The van der Waals surface area contributed by atoms with Gasteiger partial charge in [0.2, 0.25) is 10.0 Å². The molecule has 0 spiro atoms. The summed E-state index contributed by atoms with van der Waals surface area (Å²) in [5, 5.41) is 0. The van der Waals surface area contributed by atoms with Gasteiger partial charge in [0.15, 0.2) is 0 Å². The highest BCUT2D eigenvalue weighted by atomic mass is 32.2. The normalized spacial score (nSPS) is 18.2. The zero-order valence-electron chi connectivity index (χ0n) is 11.1. The molecule has 0 N–H and O–H groups in total. The minimum absolute atomic E-state index is 0.349. The van der Waals surface area contributed by atoms with Crippen LogP contribution in [0.5, 0.6) is 0 Å². The van der Waals surface area contributed by atoms with Gasteiger partial charge in [-0.2, -0.15) is 4.31 Å². The van der Waals surface area contributed by atoms with Crippen LogP contribution in [-0.2, 0) is 10.0 Å². The van der Waals surface area contributed by atoms with Gasteiger partial charge < -0.3 is 0 Å². The molecule has 0 aromatic heterocycles. The lowest BCUT2D eigenvalue weighted by Gasteiger charge is -2.26. The molecule has 1 fully saturated rings. The van der Waals surface area contributed by atoms with E-state index in [1.54, 1.807) is 10.4 Å². The van der Waals surface area contributed by atoms with Gasteiger partial charge in [0.25, 0.3) is 0 Å². The van der Waals surface area contributed by atoms with Crippen LogP contribution in [0, 0.1) is 0 Å². The highest BCUT2D eigenvalue weighted by molar-refractivity contribution is 7.89. The maximum absolute atomic E-state index is 12.5. The predicted octanol–water partition coefficient (Wildman–Crippen LogP) is 2.98. The first-order valence-electron chi connectivity index (χ1n) is 6.62. The summed E-state index contributed by atoms with van der Waals surface area (Å²) < 4.78 is 26.6. The molecule has 0 atom stereocenters. The number of benzene rings is 1. The molecule has 0 unspecified atom stereocenters. The van der Waals surface area contributed by atoms with Crippen LogP contribution in [-0.4, -0.2) is 25.8 Å². The summed E-state index contributed by atoms with van der Waals surface area (Å²) in [6.07, 6.45) is 3.09. The van der Waals surface area contributed by atoms with Crippen LogP contribution >= 0.6 is 0 Å². The first-order valence-corrected chi connectivity index (χ1v) is 8.06. The maximum Gasteiger partial charge on any atom is 0.243 e. The van der Waals surface area contributed by atoms with E-state index in [1.807, 2.05) is 18.2 Å². The molecule has 2 rings (SSSR count). The van der Waals surface area contributed by atoms with Crippen molar-refractivity contribution in [3.8, 4) is 0 Å². The van der Waals surface area contributed by atoms with E-state index in [0.29, 0.717) is 23.9 Å². The average molecular weight is 267 g/mol. The van der Waals surface area contributed by atoms with E-state index >= 15 is 0 Å². The van der Waals surface area contributed by atoms with Crippen molar-refractivity contribution in [1.29, 1.82) is 0 Å². The monoisotopic (exact) mass is 267 g/mol. The molecule has 3 nitrogen and oxygen atoms in total. The van der Waals surface area contributed by atoms with E-state index in [2.05, 4.69) is 13.8 Å². The minimum Gasteiger partial charge on any atom is -0.207 e. The summed E-state index contributed by atoms with van der Waals surface area (Å²) in [5.74, 6) is 0.349. The van der Waals surface area contributed by atoms with Gasteiger partial charge in [0.1, 0.15) is 0 Å². The van der Waals surface area contributed by atoms with Crippen LogP contribution < -0.4 is 0 Å². The lowest BCUT2D eigenvalue weighted by Crippen LogP contribution is -2.35. The summed E-state index contributed by atoms with van der Waals surface area (Å²) in [5.41, 5.74) is 1.08. The molecule has 1 aliphatic rings. The molecule has 0 bridgehead atoms. The van der Waals surface area contributed by atoms with E-state index in [9.17, 15) is 8.42 Å². The molecule has 0 amide bonds. The fourth-order valence-electron chi connectivity index (χ4n) is 2.29. The van der Waals surface area contributed by atoms with Gasteiger partial charge in [-0.1, -0.05) is 32.4 Å². The topological polar surface area (TPSA) is 37.4 Å². The van der Waals surface area contributed by atoms with Crippen LogP contribution in [0.15, 0.2) is 29.2 Å². The molecule has 18 heavy (non-hydrogen) atoms. The Kier molecular flexibility index (Phi) is 4.07. The molecular weight excluding hydrogens is 246 g/mol. The number of hydrogen-bond donors (Lipinski definition) is 0. The third-order valence-corrected chi connectivity index (χ3v) is 5.37. The Hall–Kier alpha value is -0.870. The summed E-state index contributed by atoms with van der Waals surface area (Å²) >= 11 is 0. The van der Waals surface area contributed by atoms with E-state index in [-0.39, 0.29) is 0 Å². The standard InChI is InChI=1S/C14H21NO2S/c1-12(2)13-7-6-8-14(11-13)18(16,17)15-9-4-3-5-10-15/h6-8,11-12H,3-5,9-10H2,1-2H3. The van der Waals surface area contributed by atoms with Gasteiger partial charge in [-0.3, -0.25) is 0 Å². The van der Waals surface area contributed by atoms with Crippen LogP contribution in [0.1, 0.15) is 44.6 Å². The van der Waals surface area contributed by atoms with Crippen LogP contribution in [0.2, 0.25) is 0 Å². The Balaban J connectivity index is 2.31. The number of nitrogens with zero attached hydrogens (tertiary/aromatic N) is 1. The molecular formula is C14H21NO2S. The van der Waals surface area contributed by atoms with Gasteiger partial charge in [-0.25, -0.2) is 8.42 Å². The van der Waals surface area contributed by atoms with Crippen molar-refractivity contribution in [2.75, 3.05) is 13.1 Å². The first-order chi connectivity index (χ1) is 8.51. The second-order valence-electron chi connectivity index (χ2n) is 5.19. The van der Waals surface area contributed by atoms with Crippen molar-refractivity contribution in [2.45, 2.75) is 43.9 Å². The number of rotatable bonds is 3. The third kappa shape index (κ3) is 2.75. The summed E-state index contributed by atoms with van der Waals surface area (Å²) in [6, 6.07) is 7.34. The molecule has 0 radical (unpaired) electrons. The van der Waals surface area contributed by atoms with E-state index in [4.69, 9.17) is 0 Å². The quantitative estimate of drug-likeness (QED) is 0.844. The Morgan fingerprint density at radius 3 is 2.39 bits per heavy atom. The molecule has 1 saturated heterocycles. The SMILES string of the molecule is CC(C)c1cccc(S(=O)(=O)N2CCCCC2)c1. The first kappa shape index (κ1) is 13.6. The summed E-state index contributed by atoms with van der Waals surface area (Å²) in [7, 11) is -3.28. The largest absolute Gasteiger partial charge is 0.243 e. The number of sulfonamides is 1. The van der Waals surface area contributed by atoms with Crippen LogP contribution in [0.3, 0.4) is 0 Å². The number of piperidine rings is 1. The molecule has 1 aromatic rings. The van der Waals surface area contributed by atoms with Crippen molar-refractivity contribution in [3.05, 3.63) is 29.8 Å². The second kappa shape index (κ2) is 5.41. The van der Waals surface area contributed by atoms with Crippen molar-refractivity contribution in [3.63, 3.8) is 0 Å². The highest BCUT2D eigenvalue weighted by Gasteiger charge is 2.25. The fraction of sp³-hybridized carbons (Fsp3) is 0.571. The Morgan fingerprint density at radius 2 is 1.78 bits per heavy atom. The molecule has 0 aliphatic carbocycles. The van der Waals surface area contributed by atoms with Crippen molar-refractivity contribution < 1.29 is 8.42 Å². The van der Waals surface area contributed by atoms with Crippen LogP contribution in [0.4, 0.5) is 0 Å². The van der Waals surface area contributed by atoms with E-state index in [0.717, 1.165) is 24.8 Å². The maximum atomic E-state index is 12.5.